The van der Waals surface area contributed by atoms with Crippen LogP contribution >= 0.6 is 11.6 Å². The fourth-order valence-corrected chi connectivity index (χ4v) is 2.75. The third-order valence-electron chi connectivity index (χ3n) is 3.61. The first-order chi connectivity index (χ1) is 12.8. The molecule has 0 spiro atoms. The van der Waals surface area contributed by atoms with Crippen LogP contribution in [0.2, 0.25) is 5.02 Å². The second kappa shape index (κ2) is 8.73. The number of nitrogens with zero attached hydrogens (tertiary/aromatic N) is 1. The molecular weight excluding hydrogens is 378 g/mol. The van der Waals surface area contributed by atoms with Crippen molar-refractivity contribution < 1.29 is 23.0 Å². The predicted molar refractivity (Wildman–Crippen MR) is 103 cm³/mol. The Morgan fingerprint density at radius 1 is 1.11 bits per heavy atom. The van der Waals surface area contributed by atoms with Crippen LogP contribution in [0.15, 0.2) is 30.3 Å². The molecule has 0 atom stereocenters. The summed E-state index contributed by atoms with van der Waals surface area (Å²) in [7, 11) is 5.98. The van der Waals surface area contributed by atoms with E-state index in [0.717, 1.165) is 12.1 Å². The standard InChI is InChI=1S/C19H19ClF2N2O3/c1-24(2)18-14(21)9-12(10-15(18)22)23-17(25)6-5-11-7-13(20)19(27-4)16(8-11)26-3/h5-10H,1-4H3,(H,23,25). The number of hydrogen-bond donors (Lipinski definition) is 1. The molecule has 0 bridgehead atoms. The zero-order chi connectivity index (χ0) is 20.1. The highest BCUT2D eigenvalue weighted by Crippen LogP contribution is 2.36. The fourth-order valence-electron chi connectivity index (χ4n) is 2.45. The van der Waals surface area contributed by atoms with Gasteiger partial charge in [0.05, 0.1) is 19.2 Å². The van der Waals surface area contributed by atoms with Crippen LogP contribution in [-0.4, -0.2) is 34.2 Å². The monoisotopic (exact) mass is 396 g/mol. The highest BCUT2D eigenvalue weighted by molar-refractivity contribution is 6.32. The molecule has 2 aromatic rings. The Kier molecular flexibility index (Phi) is 6.63. The molecule has 5 nitrogen and oxygen atoms in total. The molecule has 0 unspecified atom stereocenters. The molecule has 0 saturated heterocycles. The van der Waals surface area contributed by atoms with Gasteiger partial charge >= 0.3 is 0 Å². The summed E-state index contributed by atoms with van der Waals surface area (Å²) in [5, 5.41) is 2.73. The number of benzene rings is 2. The van der Waals surface area contributed by atoms with Gasteiger partial charge in [0.25, 0.3) is 0 Å². The van der Waals surface area contributed by atoms with Gasteiger partial charge in [-0.2, -0.15) is 0 Å². The van der Waals surface area contributed by atoms with Crippen LogP contribution in [0.4, 0.5) is 20.2 Å². The molecule has 0 heterocycles. The summed E-state index contributed by atoms with van der Waals surface area (Å²) in [6.07, 6.45) is 2.71. The Bertz CT molecular complexity index is 862. The topological polar surface area (TPSA) is 50.8 Å². The number of methoxy groups -OCH3 is 2. The minimum absolute atomic E-state index is 0.00981. The summed E-state index contributed by atoms with van der Waals surface area (Å²) in [6.45, 7) is 0. The quantitative estimate of drug-likeness (QED) is 0.737. The van der Waals surface area contributed by atoms with Gasteiger partial charge in [-0.15, -0.1) is 0 Å². The maximum Gasteiger partial charge on any atom is 0.248 e. The maximum absolute atomic E-state index is 14.0. The zero-order valence-electron chi connectivity index (χ0n) is 15.3. The largest absolute Gasteiger partial charge is 0.493 e. The van der Waals surface area contributed by atoms with Gasteiger partial charge in [0.1, 0.15) is 5.69 Å². The van der Waals surface area contributed by atoms with Crippen molar-refractivity contribution in [1.82, 2.24) is 0 Å². The lowest BCUT2D eigenvalue weighted by atomic mass is 10.2. The van der Waals surface area contributed by atoms with Crippen molar-refractivity contribution in [3.05, 3.63) is 52.6 Å². The van der Waals surface area contributed by atoms with Crippen molar-refractivity contribution in [3.63, 3.8) is 0 Å². The molecule has 0 fully saturated rings. The fraction of sp³-hybridized carbons (Fsp3) is 0.211. The Balaban J connectivity index is 2.18. The Hall–Kier alpha value is -2.80. The van der Waals surface area contributed by atoms with Crippen molar-refractivity contribution in [3.8, 4) is 11.5 Å². The van der Waals surface area contributed by atoms with E-state index in [1.165, 1.54) is 45.4 Å². The van der Waals surface area contributed by atoms with E-state index in [9.17, 15) is 13.6 Å². The van der Waals surface area contributed by atoms with Gasteiger partial charge in [-0.3, -0.25) is 4.79 Å². The van der Waals surface area contributed by atoms with Crippen LogP contribution in [0.5, 0.6) is 11.5 Å². The van der Waals surface area contributed by atoms with Gasteiger partial charge in [-0.1, -0.05) is 11.6 Å². The molecule has 2 aromatic carbocycles. The average Bonchev–Trinajstić information content (AvgIpc) is 2.58. The van der Waals surface area contributed by atoms with E-state index in [1.54, 1.807) is 12.1 Å². The Morgan fingerprint density at radius 2 is 1.74 bits per heavy atom. The summed E-state index contributed by atoms with van der Waals surface area (Å²) in [5.74, 6) is -1.31. The zero-order valence-corrected chi connectivity index (χ0v) is 16.0. The number of rotatable bonds is 6. The van der Waals surface area contributed by atoms with E-state index in [-0.39, 0.29) is 11.4 Å². The average molecular weight is 397 g/mol. The van der Waals surface area contributed by atoms with E-state index in [4.69, 9.17) is 21.1 Å². The second-order valence-electron chi connectivity index (χ2n) is 5.74. The van der Waals surface area contributed by atoms with Crippen LogP contribution < -0.4 is 19.7 Å². The number of carbonyl (C=O) groups excluding carboxylic acids is 1. The molecule has 0 aliphatic rings. The van der Waals surface area contributed by atoms with Crippen molar-refractivity contribution in [2.75, 3.05) is 38.5 Å². The molecule has 0 aliphatic heterocycles. The SMILES string of the molecule is COc1cc(C=CC(=O)Nc2cc(F)c(N(C)C)c(F)c2)cc(Cl)c1OC. The Morgan fingerprint density at radius 3 is 2.26 bits per heavy atom. The number of hydrogen-bond acceptors (Lipinski definition) is 4. The van der Waals surface area contributed by atoms with Crippen LogP contribution in [0, 0.1) is 11.6 Å². The molecule has 1 amide bonds. The number of anilines is 2. The van der Waals surface area contributed by atoms with E-state index in [1.807, 2.05) is 0 Å². The lowest BCUT2D eigenvalue weighted by Gasteiger charge is -2.15. The third-order valence-corrected chi connectivity index (χ3v) is 3.90. The van der Waals surface area contributed by atoms with Crippen molar-refractivity contribution >= 4 is 35.0 Å². The van der Waals surface area contributed by atoms with Crippen LogP contribution in [-0.2, 0) is 4.79 Å². The molecule has 27 heavy (non-hydrogen) atoms. The molecule has 144 valence electrons. The van der Waals surface area contributed by atoms with Gasteiger partial charge in [0, 0.05) is 25.9 Å². The Labute approximate surface area is 161 Å². The first-order valence-corrected chi connectivity index (χ1v) is 8.21. The molecular formula is C19H19ClF2N2O3. The minimum Gasteiger partial charge on any atom is -0.493 e. The summed E-state index contributed by atoms with van der Waals surface area (Å²) in [6, 6.07) is 5.34. The van der Waals surface area contributed by atoms with Crippen LogP contribution in [0.1, 0.15) is 5.56 Å². The highest BCUT2D eigenvalue weighted by atomic mass is 35.5. The van der Waals surface area contributed by atoms with Gasteiger partial charge in [-0.25, -0.2) is 8.78 Å². The summed E-state index contributed by atoms with van der Waals surface area (Å²) >= 11 is 6.11. The molecule has 8 heteroatoms. The summed E-state index contributed by atoms with van der Waals surface area (Å²) < 4.78 is 38.3. The van der Waals surface area contributed by atoms with Gasteiger partial charge in [0.2, 0.25) is 5.91 Å². The molecule has 0 aromatic heterocycles. The number of carbonyl (C=O) groups is 1. The first-order valence-electron chi connectivity index (χ1n) is 7.83. The normalized spacial score (nSPS) is 10.8. The van der Waals surface area contributed by atoms with Crippen LogP contribution in [0.25, 0.3) is 6.08 Å². The lowest BCUT2D eigenvalue weighted by molar-refractivity contribution is -0.111. The molecule has 0 radical (unpaired) electrons. The number of amides is 1. The number of nitrogens with one attached hydrogen (secondary N) is 1. The minimum atomic E-state index is -0.772. The van der Waals surface area contributed by atoms with Crippen molar-refractivity contribution in [2.45, 2.75) is 0 Å². The van der Waals surface area contributed by atoms with Crippen molar-refractivity contribution in [2.24, 2.45) is 0 Å². The van der Waals surface area contributed by atoms with Crippen molar-refractivity contribution in [1.29, 1.82) is 0 Å². The molecule has 1 N–H and O–H groups in total. The molecule has 2 rings (SSSR count). The van der Waals surface area contributed by atoms with E-state index in [0.29, 0.717) is 22.1 Å². The number of halogens is 3. The van der Waals surface area contributed by atoms with Gasteiger partial charge < -0.3 is 19.7 Å². The second-order valence-corrected chi connectivity index (χ2v) is 6.15. The van der Waals surface area contributed by atoms with E-state index >= 15 is 0 Å². The van der Waals surface area contributed by atoms with Gasteiger partial charge in [0.15, 0.2) is 23.1 Å². The predicted octanol–water partition coefficient (Wildman–Crippen LogP) is 4.35. The summed E-state index contributed by atoms with van der Waals surface area (Å²) in [4.78, 5) is 13.4. The van der Waals surface area contributed by atoms with E-state index in [2.05, 4.69) is 5.32 Å². The smallest absolute Gasteiger partial charge is 0.248 e. The maximum atomic E-state index is 14.0. The van der Waals surface area contributed by atoms with Gasteiger partial charge in [-0.05, 0) is 35.9 Å². The van der Waals surface area contributed by atoms with Crippen LogP contribution in [0.3, 0.4) is 0 Å². The lowest BCUT2D eigenvalue weighted by Crippen LogP contribution is -2.14. The molecule has 0 aliphatic carbocycles. The summed E-state index contributed by atoms with van der Waals surface area (Å²) in [5.41, 5.74) is 0.423. The highest BCUT2D eigenvalue weighted by Gasteiger charge is 2.14. The number of ether oxygens (including phenoxy) is 2. The molecule has 0 saturated carbocycles. The first kappa shape index (κ1) is 20.5. The third kappa shape index (κ3) is 4.89. The van der Waals surface area contributed by atoms with E-state index < -0.39 is 17.5 Å².